The third-order valence-electron chi connectivity index (χ3n) is 0.944. The first-order valence-electron chi connectivity index (χ1n) is 2.57. The van der Waals surface area contributed by atoms with Crippen molar-refractivity contribution in [3.05, 3.63) is 15.5 Å². The molecule has 0 fully saturated rings. The number of hydrogen-bond acceptors (Lipinski definition) is 3. The van der Waals surface area contributed by atoms with Gasteiger partial charge >= 0.3 is 0 Å². The van der Waals surface area contributed by atoms with Gasteiger partial charge in [0.25, 0.3) is 0 Å². The van der Waals surface area contributed by atoms with Crippen LogP contribution in [0.1, 0.15) is 17.8 Å². The van der Waals surface area contributed by atoms with Crippen LogP contribution in [-0.2, 0) is 0 Å². The summed E-state index contributed by atoms with van der Waals surface area (Å²) in [5, 5.41) is 0. The number of nitrogens with zero attached hydrogens (tertiary/aromatic N) is 1. The van der Waals surface area contributed by atoms with Crippen LogP contribution in [0.25, 0.3) is 0 Å². The summed E-state index contributed by atoms with van der Waals surface area (Å²) in [5.74, 6) is 0. The second kappa shape index (κ2) is 4.13. The van der Waals surface area contributed by atoms with Gasteiger partial charge in [-0.15, -0.1) is 23.7 Å². The maximum absolute atomic E-state index is 5.56. The van der Waals surface area contributed by atoms with Gasteiger partial charge in [-0.3, -0.25) is 0 Å². The van der Waals surface area contributed by atoms with Crippen molar-refractivity contribution in [3.63, 3.8) is 0 Å². The summed E-state index contributed by atoms with van der Waals surface area (Å²) in [6, 6.07) is 0.0509. The number of rotatable bonds is 1. The van der Waals surface area contributed by atoms with E-state index >= 15 is 0 Å². The van der Waals surface area contributed by atoms with Gasteiger partial charge in [0.1, 0.15) is 0 Å². The second-order valence-corrected chi connectivity index (χ2v) is 3.45. The lowest BCUT2D eigenvalue weighted by molar-refractivity contribution is 0.835. The number of halogens is 2. The van der Waals surface area contributed by atoms with Gasteiger partial charge in [-0.25, -0.2) is 4.98 Å². The summed E-state index contributed by atoms with van der Waals surface area (Å²) >= 11 is 6.98. The van der Waals surface area contributed by atoms with Crippen molar-refractivity contribution in [1.29, 1.82) is 0 Å². The summed E-state index contributed by atoms with van der Waals surface area (Å²) < 4.78 is 0.558. The zero-order valence-corrected chi connectivity index (χ0v) is 7.76. The smallest absolute Gasteiger partial charge is 0.183 e. The van der Waals surface area contributed by atoms with Gasteiger partial charge in [-0.2, -0.15) is 0 Å². The molecule has 1 aromatic rings. The Kier molecular flexibility index (Phi) is 4.20. The first kappa shape index (κ1) is 10.2. The summed E-state index contributed by atoms with van der Waals surface area (Å²) in [6.07, 6.45) is 1.71. The maximum atomic E-state index is 5.56. The van der Waals surface area contributed by atoms with Crippen molar-refractivity contribution in [2.24, 2.45) is 5.73 Å². The third-order valence-corrected chi connectivity index (χ3v) is 2.26. The second-order valence-electron chi connectivity index (χ2n) is 1.80. The minimum absolute atomic E-state index is 0. The molecule has 2 N–H and O–H groups in total. The van der Waals surface area contributed by atoms with E-state index in [0.717, 1.165) is 4.88 Å². The Bertz CT molecular complexity index is 199. The van der Waals surface area contributed by atoms with E-state index in [-0.39, 0.29) is 18.4 Å². The fourth-order valence-electron chi connectivity index (χ4n) is 0.475. The minimum atomic E-state index is 0. The van der Waals surface area contributed by atoms with Crippen molar-refractivity contribution in [2.75, 3.05) is 0 Å². The first-order valence-corrected chi connectivity index (χ1v) is 3.76. The molecule has 0 bridgehead atoms. The molecule has 5 heteroatoms. The van der Waals surface area contributed by atoms with E-state index in [2.05, 4.69) is 4.98 Å². The normalized spacial score (nSPS) is 12.3. The molecule has 1 aromatic heterocycles. The number of thiazole rings is 1. The van der Waals surface area contributed by atoms with Crippen molar-refractivity contribution >= 4 is 35.3 Å². The van der Waals surface area contributed by atoms with E-state index in [1.807, 2.05) is 6.92 Å². The topological polar surface area (TPSA) is 38.9 Å². The van der Waals surface area contributed by atoms with Crippen LogP contribution in [0.3, 0.4) is 0 Å². The Morgan fingerprint density at radius 2 is 2.40 bits per heavy atom. The predicted octanol–water partition coefficient (Wildman–Crippen LogP) is 2.24. The average molecular weight is 199 g/mol. The highest BCUT2D eigenvalue weighted by Gasteiger charge is 2.02. The molecule has 1 atom stereocenters. The highest BCUT2D eigenvalue weighted by Crippen LogP contribution is 2.21. The van der Waals surface area contributed by atoms with Crippen LogP contribution in [0.5, 0.6) is 0 Å². The van der Waals surface area contributed by atoms with E-state index in [0.29, 0.717) is 4.47 Å². The number of aromatic nitrogens is 1. The minimum Gasteiger partial charge on any atom is -0.323 e. The van der Waals surface area contributed by atoms with Crippen LogP contribution >= 0.6 is 35.3 Å². The molecular formula is C5H8Cl2N2S. The summed E-state index contributed by atoms with van der Waals surface area (Å²) in [4.78, 5) is 4.87. The molecule has 0 spiro atoms. The Morgan fingerprint density at radius 3 is 2.60 bits per heavy atom. The quantitative estimate of drug-likeness (QED) is 0.753. The molecule has 10 heavy (non-hydrogen) atoms. The fraction of sp³-hybridized carbons (Fsp3) is 0.400. The van der Waals surface area contributed by atoms with Gasteiger partial charge in [0.05, 0.1) is 0 Å². The molecule has 0 aliphatic carbocycles. The third kappa shape index (κ3) is 2.42. The fourth-order valence-corrected chi connectivity index (χ4v) is 1.38. The molecule has 2 nitrogen and oxygen atoms in total. The summed E-state index contributed by atoms with van der Waals surface area (Å²) in [5.41, 5.74) is 5.54. The lowest BCUT2D eigenvalue weighted by Gasteiger charge is -1.95. The van der Waals surface area contributed by atoms with Crippen molar-refractivity contribution in [1.82, 2.24) is 4.98 Å². The average Bonchev–Trinajstić information content (AvgIpc) is 2.14. The molecule has 0 aliphatic rings. The van der Waals surface area contributed by atoms with Gasteiger partial charge < -0.3 is 5.73 Å². The van der Waals surface area contributed by atoms with Gasteiger partial charge in [0, 0.05) is 17.1 Å². The van der Waals surface area contributed by atoms with Crippen molar-refractivity contribution in [2.45, 2.75) is 13.0 Å². The molecule has 0 aromatic carbocycles. The molecule has 1 rings (SSSR count). The molecule has 0 saturated carbocycles. The van der Waals surface area contributed by atoms with Crippen LogP contribution in [0, 0.1) is 0 Å². The van der Waals surface area contributed by atoms with Crippen molar-refractivity contribution in [3.8, 4) is 0 Å². The standard InChI is InChI=1S/C5H7ClN2S.ClH/c1-3(7)4-2-8-5(6)9-4;/h2-3H,7H2,1H3;1H. The van der Waals surface area contributed by atoms with Crippen LogP contribution in [-0.4, -0.2) is 4.98 Å². The Balaban J connectivity index is 0.000000810. The molecule has 1 heterocycles. The Morgan fingerprint density at radius 1 is 1.80 bits per heavy atom. The van der Waals surface area contributed by atoms with Gasteiger partial charge in [0.15, 0.2) is 4.47 Å². The maximum Gasteiger partial charge on any atom is 0.183 e. The molecule has 1 unspecified atom stereocenters. The molecular weight excluding hydrogens is 191 g/mol. The highest BCUT2D eigenvalue weighted by atomic mass is 35.5. The zero-order chi connectivity index (χ0) is 6.85. The van der Waals surface area contributed by atoms with Gasteiger partial charge in [-0.05, 0) is 6.92 Å². The van der Waals surface area contributed by atoms with E-state index < -0.39 is 0 Å². The van der Waals surface area contributed by atoms with Crippen molar-refractivity contribution < 1.29 is 0 Å². The van der Waals surface area contributed by atoms with E-state index in [9.17, 15) is 0 Å². The predicted molar refractivity (Wildman–Crippen MR) is 47.0 cm³/mol. The molecule has 0 radical (unpaired) electrons. The molecule has 0 aliphatic heterocycles. The Hall–Kier alpha value is 0.170. The summed E-state index contributed by atoms with van der Waals surface area (Å²) in [7, 11) is 0. The SMILES string of the molecule is CC(N)c1cnc(Cl)s1.Cl. The number of hydrogen-bond donors (Lipinski definition) is 1. The first-order chi connectivity index (χ1) is 4.20. The number of nitrogens with two attached hydrogens (primary N) is 1. The molecule has 0 saturated heterocycles. The molecule has 0 amide bonds. The van der Waals surface area contributed by atoms with Gasteiger partial charge in [-0.1, -0.05) is 11.6 Å². The van der Waals surface area contributed by atoms with Crippen LogP contribution in [0.2, 0.25) is 4.47 Å². The Labute approximate surface area is 74.8 Å². The van der Waals surface area contributed by atoms with Crippen LogP contribution in [0.15, 0.2) is 6.20 Å². The molecule has 58 valence electrons. The highest BCUT2D eigenvalue weighted by molar-refractivity contribution is 7.15. The largest absolute Gasteiger partial charge is 0.323 e. The van der Waals surface area contributed by atoms with E-state index in [1.54, 1.807) is 6.20 Å². The monoisotopic (exact) mass is 198 g/mol. The van der Waals surface area contributed by atoms with Crippen LogP contribution < -0.4 is 5.73 Å². The van der Waals surface area contributed by atoms with E-state index in [4.69, 9.17) is 17.3 Å². The zero-order valence-electron chi connectivity index (χ0n) is 5.37. The summed E-state index contributed by atoms with van der Waals surface area (Å²) in [6.45, 7) is 1.91. The lowest BCUT2D eigenvalue weighted by Crippen LogP contribution is -2.01. The lowest BCUT2D eigenvalue weighted by atomic mass is 10.3. The van der Waals surface area contributed by atoms with Crippen LogP contribution in [0.4, 0.5) is 0 Å². The van der Waals surface area contributed by atoms with Gasteiger partial charge in [0.2, 0.25) is 0 Å². The van der Waals surface area contributed by atoms with E-state index in [1.165, 1.54) is 11.3 Å².